The first-order chi connectivity index (χ1) is 8.72. The Balaban J connectivity index is 2.14. The van der Waals surface area contributed by atoms with Gasteiger partial charge in [0, 0.05) is 6.04 Å². The Bertz CT molecular complexity index is 391. The van der Waals surface area contributed by atoms with E-state index in [-0.39, 0.29) is 6.54 Å². The van der Waals surface area contributed by atoms with Gasteiger partial charge >= 0.3 is 5.97 Å². The van der Waals surface area contributed by atoms with Crippen molar-refractivity contribution in [1.82, 2.24) is 4.90 Å². The molecule has 1 aliphatic rings. The van der Waals surface area contributed by atoms with Crippen LogP contribution in [0.5, 0.6) is 0 Å². The quantitative estimate of drug-likeness (QED) is 0.869. The van der Waals surface area contributed by atoms with Gasteiger partial charge in [-0.1, -0.05) is 37.3 Å². The van der Waals surface area contributed by atoms with Crippen molar-refractivity contribution >= 4 is 5.97 Å². The van der Waals surface area contributed by atoms with Crippen molar-refractivity contribution < 1.29 is 9.90 Å². The van der Waals surface area contributed by atoms with Crippen molar-refractivity contribution in [3.63, 3.8) is 0 Å². The molecule has 98 valence electrons. The highest BCUT2D eigenvalue weighted by molar-refractivity contribution is 5.69. The summed E-state index contributed by atoms with van der Waals surface area (Å²) >= 11 is 0. The number of carbonyl (C=O) groups is 1. The Kier molecular flexibility index (Phi) is 4.37. The van der Waals surface area contributed by atoms with Gasteiger partial charge in [0.2, 0.25) is 0 Å². The molecule has 3 heteroatoms. The zero-order valence-corrected chi connectivity index (χ0v) is 10.9. The Morgan fingerprint density at radius 1 is 1.44 bits per heavy atom. The number of hydrogen-bond acceptors (Lipinski definition) is 2. The van der Waals surface area contributed by atoms with Gasteiger partial charge in [-0.15, -0.1) is 0 Å². The molecule has 1 fully saturated rings. The molecule has 0 unspecified atom stereocenters. The lowest BCUT2D eigenvalue weighted by atomic mass is 9.88. The van der Waals surface area contributed by atoms with Crippen molar-refractivity contribution in [3.05, 3.63) is 35.9 Å². The van der Waals surface area contributed by atoms with Crippen LogP contribution in [0.25, 0.3) is 0 Å². The molecular weight excluding hydrogens is 226 g/mol. The number of hydrogen-bond donors (Lipinski definition) is 1. The van der Waals surface area contributed by atoms with E-state index in [0.29, 0.717) is 12.0 Å². The molecule has 0 radical (unpaired) electrons. The first-order valence-electron chi connectivity index (χ1n) is 6.73. The molecule has 0 bridgehead atoms. The van der Waals surface area contributed by atoms with Crippen LogP contribution in [-0.2, 0) is 4.79 Å². The Morgan fingerprint density at radius 3 is 2.78 bits per heavy atom. The minimum Gasteiger partial charge on any atom is -0.480 e. The third kappa shape index (κ3) is 2.91. The van der Waals surface area contributed by atoms with Crippen LogP contribution in [0, 0.1) is 0 Å². The Morgan fingerprint density at radius 2 is 2.17 bits per heavy atom. The molecule has 1 saturated heterocycles. The first kappa shape index (κ1) is 13.1. The summed E-state index contributed by atoms with van der Waals surface area (Å²) in [6, 6.07) is 10.9. The monoisotopic (exact) mass is 247 g/mol. The van der Waals surface area contributed by atoms with Crippen LogP contribution in [0.15, 0.2) is 30.3 Å². The van der Waals surface area contributed by atoms with E-state index in [0.717, 1.165) is 25.8 Å². The van der Waals surface area contributed by atoms with Gasteiger partial charge in [0.05, 0.1) is 6.54 Å². The van der Waals surface area contributed by atoms with Crippen molar-refractivity contribution in [1.29, 1.82) is 0 Å². The summed E-state index contributed by atoms with van der Waals surface area (Å²) in [5.74, 6) is -0.266. The fraction of sp³-hybridized carbons (Fsp3) is 0.533. The summed E-state index contributed by atoms with van der Waals surface area (Å²) in [7, 11) is 0. The van der Waals surface area contributed by atoms with Crippen molar-refractivity contribution in [3.8, 4) is 0 Å². The molecule has 0 aliphatic carbocycles. The summed E-state index contributed by atoms with van der Waals surface area (Å²) < 4.78 is 0. The van der Waals surface area contributed by atoms with Gasteiger partial charge in [-0.25, -0.2) is 0 Å². The first-order valence-corrected chi connectivity index (χ1v) is 6.73. The van der Waals surface area contributed by atoms with Gasteiger partial charge in [0.15, 0.2) is 0 Å². The average molecular weight is 247 g/mol. The lowest BCUT2D eigenvalue weighted by Gasteiger charge is -2.30. The standard InChI is InChI=1S/C15H21NO2/c1-2-13(12-7-4-3-5-8-12)14-9-6-10-16(14)11-15(17)18/h3-5,7-8,13-14H,2,6,9-11H2,1H3,(H,17,18)/t13-,14+/m1/s1. The van der Waals surface area contributed by atoms with Crippen LogP contribution < -0.4 is 0 Å². The fourth-order valence-corrected chi connectivity index (χ4v) is 3.11. The molecule has 2 atom stereocenters. The number of aliphatic carboxylic acids is 1. The van der Waals surface area contributed by atoms with E-state index in [1.54, 1.807) is 0 Å². The number of nitrogens with zero attached hydrogens (tertiary/aromatic N) is 1. The fourth-order valence-electron chi connectivity index (χ4n) is 3.11. The highest BCUT2D eigenvalue weighted by Crippen LogP contribution is 2.33. The van der Waals surface area contributed by atoms with Crippen LogP contribution in [0.2, 0.25) is 0 Å². The largest absolute Gasteiger partial charge is 0.480 e. The number of likely N-dealkylation sites (tertiary alicyclic amines) is 1. The lowest BCUT2D eigenvalue weighted by Crippen LogP contribution is -2.37. The van der Waals surface area contributed by atoms with Gasteiger partial charge in [-0.3, -0.25) is 9.69 Å². The number of carboxylic acids is 1. The van der Waals surface area contributed by atoms with Crippen LogP contribution >= 0.6 is 0 Å². The highest BCUT2D eigenvalue weighted by Gasteiger charge is 2.32. The second-order valence-corrected chi connectivity index (χ2v) is 5.00. The molecule has 2 rings (SSSR count). The topological polar surface area (TPSA) is 40.5 Å². The molecule has 0 amide bonds. The zero-order valence-electron chi connectivity index (χ0n) is 10.9. The van der Waals surface area contributed by atoms with Crippen LogP contribution in [0.3, 0.4) is 0 Å². The maximum Gasteiger partial charge on any atom is 0.317 e. The van der Waals surface area contributed by atoms with Crippen LogP contribution in [0.4, 0.5) is 0 Å². The van der Waals surface area contributed by atoms with E-state index in [9.17, 15) is 4.79 Å². The SMILES string of the molecule is CC[C@H](c1ccccc1)[C@@H]1CCCN1CC(=O)O. The Labute approximate surface area is 108 Å². The molecule has 1 aromatic carbocycles. The maximum absolute atomic E-state index is 10.9. The molecule has 18 heavy (non-hydrogen) atoms. The summed E-state index contributed by atoms with van der Waals surface area (Å²) in [5, 5.41) is 8.98. The van der Waals surface area contributed by atoms with Gasteiger partial charge in [-0.05, 0) is 37.3 Å². The smallest absolute Gasteiger partial charge is 0.317 e. The predicted octanol–water partition coefficient (Wildman–Crippen LogP) is 2.73. The van der Waals surface area contributed by atoms with E-state index < -0.39 is 5.97 Å². The van der Waals surface area contributed by atoms with Gasteiger partial charge in [0.1, 0.15) is 0 Å². The summed E-state index contributed by atoms with van der Waals surface area (Å²) in [5.41, 5.74) is 1.34. The van der Waals surface area contributed by atoms with E-state index in [1.807, 2.05) is 6.07 Å². The normalized spacial score (nSPS) is 21.9. The van der Waals surface area contributed by atoms with E-state index in [2.05, 4.69) is 36.1 Å². The second-order valence-electron chi connectivity index (χ2n) is 5.00. The minimum atomic E-state index is -0.718. The molecule has 1 aromatic rings. The summed E-state index contributed by atoms with van der Waals surface area (Å²) in [6.45, 7) is 3.28. The van der Waals surface area contributed by atoms with Crippen molar-refractivity contribution in [2.45, 2.75) is 38.1 Å². The zero-order chi connectivity index (χ0) is 13.0. The predicted molar refractivity (Wildman–Crippen MR) is 71.7 cm³/mol. The van der Waals surface area contributed by atoms with E-state index in [1.165, 1.54) is 5.56 Å². The molecule has 0 spiro atoms. The van der Waals surface area contributed by atoms with E-state index >= 15 is 0 Å². The van der Waals surface area contributed by atoms with Crippen molar-refractivity contribution in [2.75, 3.05) is 13.1 Å². The maximum atomic E-state index is 10.9. The molecule has 1 heterocycles. The summed E-state index contributed by atoms with van der Waals surface area (Å²) in [6.07, 6.45) is 3.28. The van der Waals surface area contributed by atoms with Crippen molar-refractivity contribution in [2.24, 2.45) is 0 Å². The summed E-state index contributed by atoms with van der Waals surface area (Å²) in [4.78, 5) is 13.0. The lowest BCUT2D eigenvalue weighted by molar-refractivity contribution is -0.138. The van der Waals surface area contributed by atoms with E-state index in [4.69, 9.17) is 5.11 Å². The number of carboxylic acid groups (broad SMARTS) is 1. The molecular formula is C15H21NO2. The average Bonchev–Trinajstić information content (AvgIpc) is 2.79. The third-order valence-electron chi connectivity index (χ3n) is 3.88. The Hall–Kier alpha value is -1.35. The highest BCUT2D eigenvalue weighted by atomic mass is 16.4. The number of rotatable bonds is 5. The van der Waals surface area contributed by atoms with Gasteiger partial charge < -0.3 is 5.11 Å². The minimum absolute atomic E-state index is 0.175. The third-order valence-corrected chi connectivity index (χ3v) is 3.88. The molecule has 3 nitrogen and oxygen atoms in total. The molecule has 1 N–H and O–H groups in total. The van der Waals surface area contributed by atoms with Gasteiger partial charge in [0.25, 0.3) is 0 Å². The second kappa shape index (κ2) is 6.01. The van der Waals surface area contributed by atoms with Gasteiger partial charge in [-0.2, -0.15) is 0 Å². The molecule has 0 aromatic heterocycles. The van der Waals surface area contributed by atoms with Crippen LogP contribution in [0.1, 0.15) is 37.7 Å². The molecule has 0 saturated carbocycles. The number of benzene rings is 1. The molecule has 1 aliphatic heterocycles. The van der Waals surface area contributed by atoms with Crippen LogP contribution in [-0.4, -0.2) is 35.1 Å².